The fourth-order valence-corrected chi connectivity index (χ4v) is 0. The van der Waals surface area contributed by atoms with Gasteiger partial charge in [-0.3, -0.25) is 0 Å². The molecule has 0 spiro atoms. The normalized spacial score (nSPS) is 8.29. The number of hydrogen-bond acceptors (Lipinski definition) is 3. The Kier molecular flexibility index (Phi) is 11.2. The minimum absolute atomic E-state index is 0. The molecular weight excluding hydrogens is 211 g/mol. The first-order valence-electron chi connectivity index (χ1n) is 0.736. The molecule has 0 unspecified atom stereocenters. The van der Waals surface area contributed by atoms with Crippen LogP contribution in [0.3, 0.4) is 0 Å². The van der Waals surface area contributed by atoms with Crippen LogP contribution in [0.2, 0.25) is 0 Å². The second kappa shape index (κ2) is 5.00. The molecule has 0 saturated heterocycles. The molecule has 0 atom stereocenters. The molecule has 0 aliphatic rings. The SMILES string of the molecule is NS(=O)(=O)[O-].[Ni+2].[Ni+2]. The molecule has 0 fully saturated rings. The van der Waals surface area contributed by atoms with Crippen LogP contribution in [-0.4, -0.2) is 13.0 Å². The van der Waals surface area contributed by atoms with Gasteiger partial charge in [-0.25, -0.2) is 13.6 Å². The zero-order valence-electron chi connectivity index (χ0n) is 2.84. The van der Waals surface area contributed by atoms with E-state index in [0.717, 1.165) is 0 Å². The molecule has 0 radical (unpaired) electrons. The Hall–Kier alpha value is 0.857. The van der Waals surface area contributed by atoms with Gasteiger partial charge in [0, 0.05) is 0 Å². The number of hydrogen-bond donors (Lipinski definition) is 1. The van der Waals surface area contributed by atoms with E-state index in [9.17, 15) is 0 Å². The van der Waals surface area contributed by atoms with Gasteiger partial charge in [-0.1, -0.05) is 0 Å². The Morgan fingerprint density at radius 1 is 1.29 bits per heavy atom. The van der Waals surface area contributed by atoms with Crippen molar-refractivity contribution < 1.29 is 46.0 Å². The summed E-state index contributed by atoms with van der Waals surface area (Å²) in [6, 6.07) is 0. The average molecular weight is 213 g/mol. The predicted octanol–water partition coefficient (Wildman–Crippen LogP) is -1.60. The van der Waals surface area contributed by atoms with Gasteiger partial charge in [0.15, 0.2) is 10.3 Å². The fourth-order valence-electron chi connectivity index (χ4n) is 0. The van der Waals surface area contributed by atoms with Gasteiger partial charge in [0.25, 0.3) is 0 Å². The number of nitrogens with two attached hydrogens (primary N) is 1. The molecule has 0 saturated carbocycles. The van der Waals surface area contributed by atoms with E-state index in [2.05, 4.69) is 5.14 Å². The van der Waals surface area contributed by atoms with E-state index < -0.39 is 10.3 Å². The van der Waals surface area contributed by atoms with Crippen LogP contribution in [-0.2, 0) is 43.3 Å². The van der Waals surface area contributed by atoms with E-state index in [1.54, 1.807) is 0 Å². The third kappa shape index (κ3) is 220. The molecule has 0 heterocycles. The Labute approximate surface area is 61.6 Å². The van der Waals surface area contributed by atoms with E-state index in [1.807, 2.05) is 0 Å². The first-order valence-corrected chi connectivity index (χ1v) is 2.21. The molecule has 0 aromatic heterocycles. The van der Waals surface area contributed by atoms with Gasteiger partial charge in [-0.2, -0.15) is 0 Å². The van der Waals surface area contributed by atoms with Crippen LogP contribution < -0.4 is 5.14 Å². The van der Waals surface area contributed by atoms with Crippen LogP contribution in [0.25, 0.3) is 0 Å². The maximum absolute atomic E-state index is 8.85. The van der Waals surface area contributed by atoms with E-state index in [0.29, 0.717) is 0 Å². The molecule has 0 bridgehead atoms. The second-order valence-electron chi connectivity index (χ2n) is 0.493. The van der Waals surface area contributed by atoms with Gasteiger partial charge < -0.3 is 4.55 Å². The van der Waals surface area contributed by atoms with Gasteiger partial charge in [-0.05, 0) is 0 Å². The van der Waals surface area contributed by atoms with Crippen LogP contribution >= 0.6 is 0 Å². The summed E-state index contributed by atoms with van der Waals surface area (Å²) in [6.07, 6.45) is 0. The first kappa shape index (κ1) is 15.7. The maximum atomic E-state index is 8.85. The summed E-state index contributed by atoms with van der Waals surface area (Å²) in [6.45, 7) is 0. The summed E-state index contributed by atoms with van der Waals surface area (Å²) >= 11 is 0. The van der Waals surface area contributed by atoms with Gasteiger partial charge in [-0.15, -0.1) is 0 Å². The van der Waals surface area contributed by atoms with Gasteiger partial charge in [0.2, 0.25) is 0 Å². The van der Waals surface area contributed by atoms with Crippen molar-refractivity contribution in [1.82, 2.24) is 0 Å². The van der Waals surface area contributed by atoms with Crippen LogP contribution in [0.15, 0.2) is 0 Å². The third-order valence-electron chi connectivity index (χ3n) is 0. The Morgan fingerprint density at radius 2 is 1.29 bits per heavy atom. The van der Waals surface area contributed by atoms with Crippen molar-refractivity contribution in [2.45, 2.75) is 0 Å². The van der Waals surface area contributed by atoms with Crippen LogP contribution in [0.4, 0.5) is 0 Å². The Bertz CT molecular complexity index is 96.1. The molecule has 0 rings (SSSR count). The molecule has 0 amide bonds. The Balaban J connectivity index is -0.0000000800. The van der Waals surface area contributed by atoms with E-state index >= 15 is 0 Å². The van der Waals surface area contributed by atoms with Crippen molar-refractivity contribution in [1.29, 1.82) is 0 Å². The molecule has 7 heteroatoms. The van der Waals surface area contributed by atoms with Gasteiger partial charge >= 0.3 is 33.0 Å². The zero-order valence-corrected chi connectivity index (χ0v) is 5.63. The van der Waals surface area contributed by atoms with Crippen LogP contribution in [0.1, 0.15) is 0 Å². The van der Waals surface area contributed by atoms with E-state index in [4.69, 9.17) is 13.0 Å². The summed E-state index contributed by atoms with van der Waals surface area (Å²) in [5.74, 6) is 0. The van der Waals surface area contributed by atoms with Crippen molar-refractivity contribution in [3.63, 3.8) is 0 Å². The van der Waals surface area contributed by atoms with Crippen molar-refractivity contribution in [3.05, 3.63) is 0 Å². The van der Waals surface area contributed by atoms with Crippen molar-refractivity contribution in [3.8, 4) is 0 Å². The standard InChI is InChI=1S/H3NO3S.2Ni/c1-5(2,3)4;;/h(H3,1,2,3,4);;/q;2*+2/p-1. The monoisotopic (exact) mass is 212 g/mol. The largest absolute Gasteiger partial charge is 2.00 e. The maximum Gasteiger partial charge on any atom is 2.00 e. The minimum atomic E-state index is -4.42. The Morgan fingerprint density at radius 3 is 1.29 bits per heavy atom. The first-order chi connectivity index (χ1) is 2.00. The van der Waals surface area contributed by atoms with Crippen LogP contribution in [0.5, 0.6) is 0 Å². The average Bonchev–Trinajstić information content (AvgIpc) is 0.722. The molecule has 7 heavy (non-hydrogen) atoms. The van der Waals surface area contributed by atoms with Gasteiger partial charge in [0.05, 0.1) is 0 Å². The molecule has 0 aromatic rings. The van der Waals surface area contributed by atoms with Crippen molar-refractivity contribution >= 4 is 10.3 Å². The van der Waals surface area contributed by atoms with E-state index in [-0.39, 0.29) is 33.0 Å². The third-order valence-corrected chi connectivity index (χ3v) is 0. The minimum Gasteiger partial charge on any atom is -0.736 e. The summed E-state index contributed by atoms with van der Waals surface area (Å²) in [7, 11) is -4.42. The molecule has 0 aliphatic carbocycles. The molecule has 4 nitrogen and oxygen atoms in total. The molecular formula is H2NNi2O3S+3. The smallest absolute Gasteiger partial charge is 0.736 e. The van der Waals surface area contributed by atoms with Gasteiger partial charge in [0.1, 0.15) is 0 Å². The summed E-state index contributed by atoms with van der Waals surface area (Å²) in [5.41, 5.74) is 0. The summed E-state index contributed by atoms with van der Waals surface area (Å²) in [4.78, 5) is 0. The topological polar surface area (TPSA) is 83.2 Å². The molecule has 0 aliphatic heterocycles. The molecule has 2 N–H and O–H groups in total. The zero-order chi connectivity index (χ0) is 4.50. The molecule has 0 aromatic carbocycles. The predicted molar refractivity (Wildman–Crippen MR) is 13.9 cm³/mol. The molecule has 48 valence electrons. The van der Waals surface area contributed by atoms with Crippen molar-refractivity contribution in [2.24, 2.45) is 5.14 Å². The summed E-state index contributed by atoms with van der Waals surface area (Å²) in [5, 5.41) is 3.77. The fraction of sp³-hybridized carbons (Fsp3) is 0. The van der Waals surface area contributed by atoms with Crippen molar-refractivity contribution in [2.75, 3.05) is 0 Å². The quantitative estimate of drug-likeness (QED) is 0.389. The number of rotatable bonds is 0. The second-order valence-corrected chi connectivity index (χ2v) is 1.48. The van der Waals surface area contributed by atoms with Crippen LogP contribution in [0, 0.1) is 0 Å². The van der Waals surface area contributed by atoms with E-state index in [1.165, 1.54) is 0 Å². The summed E-state index contributed by atoms with van der Waals surface area (Å²) < 4.78 is 26.6.